The van der Waals surface area contributed by atoms with Gasteiger partial charge in [-0.3, -0.25) is 0 Å². The summed E-state index contributed by atoms with van der Waals surface area (Å²) >= 11 is 3.87. The lowest BCUT2D eigenvalue weighted by Crippen LogP contribution is -2.35. The molecule has 0 aromatic heterocycles. The van der Waals surface area contributed by atoms with E-state index in [1.807, 2.05) is 0 Å². The summed E-state index contributed by atoms with van der Waals surface area (Å²) in [5.74, 6) is 0.788. The van der Waals surface area contributed by atoms with Crippen molar-refractivity contribution in [1.82, 2.24) is 0 Å². The molecule has 1 saturated carbocycles. The van der Waals surface area contributed by atoms with Gasteiger partial charge in [-0.25, -0.2) is 0 Å². The van der Waals surface area contributed by atoms with Gasteiger partial charge in [-0.2, -0.15) is 0 Å². The molecule has 2 heteroatoms. The Morgan fingerprint density at radius 3 is 2.65 bits per heavy atom. The molecule has 1 heterocycles. The molecule has 0 N–H and O–H groups in total. The number of benzene rings is 1. The van der Waals surface area contributed by atoms with Crippen LogP contribution in [0.4, 0.5) is 0 Å². The quantitative estimate of drug-likeness (QED) is 0.642. The standard InChI is InChI=1S/C18H25BrO/c1-13-6-5-9-15(10-13)18-12-16(19)11-17(20-18)14-7-3-2-4-8-14/h5-6,9-10,14,16-18H,2-4,7-8,11-12H2,1H3/t16-,17-,18+/m0/s1. The molecule has 0 radical (unpaired) electrons. The molecule has 2 fully saturated rings. The minimum absolute atomic E-state index is 0.278. The van der Waals surface area contributed by atoms with Crippen LogP contribution in [0, 0.1) is 12.8 Å². The molecule has 3 rings (SSSR count). The number of aryl methyl sites for hydroxylation is 1. The van der Waals surface area contributed by atoms with Gasteiger partial charge in [-0.15, -0.1) is 0 Å². The Bertz CT molecular complexity index is 439. The highest BCUT2D eigenvalue weighted by molar-refractivity contribution is 9.09. The molecule has 3 atom stereocenters. The Labute approximate surface area is 131 Å². The van der Waals surface area contributed by atoms with Crippen molar-refractivity contribution in [3.05, 3.63) is 35.4 Å². The first kappa shape index (κ1) is 14.6. The zero-order valence-corrected chi connectivity index (χ0v) is 13.9. The van der Waals surface area contributed by atoms with Gasteiger partial charge in [0, 0.05) is 4.83 Å². The normalized spacial score (nSPS) is 32.2. The topological polar surface area (TPSA) is 9.23 Å². The Morgan fingerprint density at radius 2 is 1.90 bits per heavy atom. The van der Waals surface area contributed by atoms with Crippen molar-refractivity contribution in [2.24, 2.45) is 5.92 Å². The average molecular weight is 337 g/mol. The van der Waals surface area contributed by atoms with Crippen molar-refractivity contribution >= 4 is 15.9 Å². The maximum Gasteiger partial charge on any atom is 0.0839 e. The van der Waals surface area contributed by atoms with Gasteiger partial charge in [0.25, 0.3) is 0 Å². The Hall–Kier alpha value is -0.340. The molecule has 0 spiro atoms. The number of halogens is 1. The van der Waals surface area contributed by atoms with Crippen LogP contribution in [0.2, 0.25) is 0 Å². The molecule has 1 saturated heterocycles. The lowest BCUT2D eigenvalue weighted by molar-refractivity contribution is -0.0827. The molecule has 110 valence electrons. The summed E-state index contributed by atoms with van der Waals surface area (Å²) in [5, 5.41) is 0. The van der Waals surface area contributed by atoms with Crippen LogP contribution in [0.1, 0.15) is 62.2 Å². The summed E-state index contributed by atoms with van der Waals surface area (Å²) in [4.78, 5) is 0.605. The van der Waals surface area contributed by atoms with Gasteiger partial charge >= 0.3 is 0 Å². The minimum Gasteiger partial charge on any atom is -0.370 e. The fourth-order valence-electron chi connectivity index (χ4n) is 3.80. The zero-order chi connectivity index (χ0) is 13.9. The predicted molar refractivity (Wildman–Crippen MR) is 87.3 cm³/mol. The fourth-order valence-corrected chi connectivity index (χ4v) is 4.51. The van der Waals surface area contributed by atoms with E-state index in [1.54, 1.807) is 0 Å². The van der Waals surface area contributed by atoms with E-state index in [0.717, 1.165) is 12.3 Å². The third-order valence-corrected chi connectivity index (χ3v) is 5.63. The lowest BCUT2D eigenvalue weighted by Gasteiger charge is -2.39. The van der Waals surface area contributed by atoms with E-state index < -0.39 is 0 Å². The summed E-state index contributed by atoms with van der Waals surface area (Å²) in [6.45, 7) is 2.16. The van der Waals surface area contributed by atoms with E-state index in [1.165, 1.54) is 49.7 Å². The SMILES string of the molecule is Cc1cccc([C@H]2C[C@@H](Br)C[C@@H](C3CCCCC3)O2)c1. The highest BCUT2D eigenvalue weighted by atomic mass is 79.9. The predicted octanol–water partition coefficient (Wildman–Crippen LogP) is 5.56. The van der Waals surface area contributed by atoms with Crippen LogP contribution in [0.15, 0.2) is 24.3 Å². The van der Waals surface area contributed by atoms with Gasteiger partial charge < -0.3 is 4.74 Å². The maximum atomic E-state index is 6.51. The van der Waals surface area contributed by atoms with Crippen molar-refractivity contribution in [1.29, 1.82) is 0 Å². The van der Waals surface area contributed by atoms with E-state index >= 15 is 0 Å². The minimum atomic E-state index is 0.278. The maximum absolute atomic E-state index is 6.51. The van der Waals surface area contributed by atoms with Crippen molar-refractivity contribution in [2.45, 2.75) is 68.9 Å². The zero-order valence-electron chi connectivity index (χ0n) is 12.4. The number of hydrogen-bond donors (Lipinski definition) is 0. The van der Waals surface area contributed by atoms with E-state index in [0.29, 0.717) is 10.9 Å². The van der Waals surface area contributed by atoms with Gasteiger partial charge in [-0.1, -0.05) is 65.0 Å². The van der Waals surface area contributed by atoms with Crippen LogP contribution in [0.25, 0.3) is 0 Å². The van der Waals surface area contributed by atoms with Gasteiger partial charge in [0.15, 0.2) is 0 Å². The molecule has 0 unspecified atom stereocenters. The van der Waals surface area contributed by atoms with Crippen LogP contribution in [0.5, 0.6) is 0 Å². The smallest absolute Gasteiger partial charge is 0.0839 e. The first-order valence-corrected chi connectivity index (χ1v) is 9.00. The van der Waals surface area contributed by atoms with Crippen LogP contribution < -0.4 is 0 Å². The molecule has 1 nitrogen and oxygen atoms in total. The molecule has 1 aliphatic heterocycles. The first-order valence-electron chi connectivity index (χ1n) is 8.08. The Kier molecular flexibility index (Phi) is 4.83. The van der Waals surface area contributed by atoms with Crippen molar-refractivity contribution in [3.63, 3.8) is 0 Å². The summed E-state index contributed by atoms with van der Waals surface area (Å²) < 4.78 is 6.51. The largest absolute Gasteiger partial charge is 0.370 e. The summed E-state index contributed by atoms with van der Waals surface area (Å²) in [6.07, 6.45) is 9.97. The number of alkyl halides is 1. The first-order chi connectivity index (χ1) is 9.72. The highest BCUT2D eigenvalue weighted by Gasteiger charge is 2.34. The molecular weight excluding hydrogens is 312 g/mol. The van der Waals surface area contributed by atoms with E-state index in [2.05, 4.69) is 47.1 Å². The van der Waals surface area contributed by atoms with Gasteiger partial charge in [0.1, 0.15) is 0 Å². The second-order valence-electron chi connectivity index (χ2n) is 6.54. The van der Waals surface area contributed by atoms with E-state index in [4.69, 9.17) is 4.74 Å². The molecule has 0 bridgehead atoms. The van der Waals surface area contributed by atoms with E-state index in [-0.39, 0.29) is 6.10 Å². The molecule has 20 heavy (non-hydrogen) atoms. The van der Waals surface area contributed by atoms with Crippen molar-refractivity contribution < 1.29 is 4.74 Å². The second-order valence-corrected chi connectivity index (χ2v) is 7.84. The van der Waals surface area contributed by atoms with Gasteiger partial charge in [-0.05, 0) is 44.1 Å². The van der Waals surface area contributed by atoms with Crippen molar-refractivity contribution in [3.8, 4) is 0 Å². The summed E-state index contributed by atoms with van der Waals surface area (Å²) in [6, 6.07) is 8.83. The van der Waals surface area contributed by atoms with Gasteiger partial charge in [0.05, 0.1) is 12.2 Å². The van der Waals surface area contributed by atoms with Crippen LogP contribution in [-0.2, 0) is 4.74 Å². The molecule has 2 aliphatic rings. The highest BCUT2D eigenvalue weighted by Crippen LogP contribution is 2.40. The van der Waals surface area contributed by atoms with Crippen molar-refractivity contribution in [2.75, 3.05) is 0 Å². The molecule has 0 amide bonds. The second kappa shape index (κ2) is 6.62. The molecule has 1 aromatic rings. The Morgan fingerprint density at radius 1 is 1.10 bits per heavy atom. The third-order valence-electron chi connectivity index (χ3n) is 4.89. The molecule has 1 aliphatic carbocycles. The summed E-state index contributed by atoms with van der Waals surface area (Å²) in [5.41, 5.74) is 2.69. The summed E-state index contributed by atoms with van der Waals surface area (Å²) in [7, 11) is 0. The third kappa shape index (κ3) is 3.46. The van der Waals surface area contributed by atoms with Crippen LogP contribution in [0.3, 0.4) is 0 Å². The molecule has 1 aromatic carbocycles. The van der Waals surface area contributed by atoms with Crippen LogP contribution >= 0.6 is 15.9 Å². The number of ether oxygens (including phenoxy) is 1. The van der Waals surface area contributed by atoms with Gasteiger partial charge in [0.2, 0.25) is 0 Å². The number of rotatable bonds is 2. The Balaban J connectivity index is 1.72. The van der Waals surface area contributed by atoms with E-state index in [9.17, 15) is 0 Å². The lowest BCUT2D eigenvalue weighted by atomic mass is 9.82. The van der Waals surface area contributed by atoms with Crippen LogP contribution in [-0.4, -0.2) is 10.9 Å². The molecular formula is C18H25BrO. The fraction of sp³-hybridized carbons (Fsp3) is 0.667. The number of hydrogen-bond acceptors (Lipinski definition) is 1. The monoisotopic (exact) mass is 336 g/mol. The average Bonchev–Trinajstić information content (AvgIpc) is 2.47.